The summed E-state index contributed by atoms with van der Waals surface area (Å²) in [6, 6.07) is 7.80. The molecule has 2 rings (SSSR count). The zero-order valence-corrected chi connectivity index (χ0v) is 16.5. The van der Waals surface area contributed by atoms with Crippen LogP contribution in [0.2, 0.25) is 0 Å². The lowest BCUT2D eigenvalue weighted by Gasteiger charge is -2.15. The number of halogens is 2. The molecule has 0 saturated heterocycles. The number of nitrogens with zero attached hydrogens (tertiary/aromatic N) is 1. The maximum Gasteiger partial charge on any atom is 0.264 e. The van der Waals surface area contributed by atoms with E-state index < -0.39 is 11.7 Å². The molecule has 0 spiro atoms. The Morgan fingerprint density at radius 1 is 1.11 bits per heavy atom. The number of benzene rings is 2. The van der Waals surface area contributed by atoms with Crippen LogP contribution in [0, 0.1) is 5.82 Å². The van der Waals surface area contributed by atoms with Crippen LogP contribution in [-0.4, -0.2) is 33.5 Å². The van der Waals surface area contributed by atoms with Gasteiger partial charge in [-0.25, -0.2) is 9.82 Å². The van der Waals surface area contributed by atoms with E-state index in [2.05, 4.69) is 26.5 Å². The van der Waals surface area contributed by atoms with E-state index in [0.29, 0.717) is 27.3 Å². The average Bonchev–Trinajstić information content (AvgIpc) is 2.68. The van der Waals surface area contributed by atoms with Gasteiger partial charge in [0, 0.05) is 11.6 Å². The third-order valence-electron chi connectivity index (χ3n) is 3.50. The van der Waals surface area contributed by atoms with Gasteiger partial charge >= 0.3 is 0 Å². The van der Waals surface area contributed by atoms with Crippen molar-refractivity contribution in [3.05, 3.63) is 57.8 Å². The average molecular weight is 437 g/mol. The van der Waals surface area contributed by atoms with Crippen LogP contribution in [0.1, 0.15) is 11.1 Å². The van der Waals surface area contributed by atoms with Gasteiger partial charge in [0.25, 0.3) is 5.91 Å². The summed E-state index contributed by atoms with van der Waals surface area (Å²) >= 11 is 3.42. The summed E-state index contributed by atoms with van der Waals surface area (Å²) in [5.74, 6) is 0.420. The molecule has 2 aromatic carbocycles. The highest BCUT2D eigenvalue weighted by molar-refractivity contribution is 9.10. The number of rotatable bonds is 7. The maximum absolute atomic E-state index is 13.5. The van der Waals surface area contributed by atoms with Gasteiger partial charge in [0.1, 0.15) is 5.82 Å². The fourth-order valence-corrected chi connectivity index (χ4v) is 2.80. The summed E-state index contributed by atoms with van der Waals surface area (Å²) in [6.07, 6.45) is 4.07. The molecule has 0 aliphatic rings. The summed E-state index contributed by atoms with van der Waals surface area (Å²) in [4.78, 5) is 11.9. The molecular formula is C19H18BrFN2O4. The van der Waals surface area contributed by atoms with Crippen molar-refractivity contribution in [1.29, 1.82) is 0 Å². The Labute approximate surface area is 164 Å². The van der Waals surface area contributed by atoms with Gasteiger partial charge in [-0.1, -0.05) is 18.2 Å². The molecule has 142 valence electrons. The highest BCUT2D eigenvalue weighted by atomic mass is 79.9. The SMILES string of the molecule is COc1cc(/C=C/C(=O)N/N=C/c2ccccc2F)c(Br)c(OC)c1OC. The van der Waals surface area contributed by atoms with Gasteiger partial charge in [0.2, 0.25) is 5.75 Å². The Morgan fingerprint density at radius 2 is 1.81 bits per heavy atom. The zero-order valence-electron chi connectivity index (χ0n) is 15.0. The van der Waals surface area contributed by atoms with Crippen molar-refractivity contribution in [2.75, 3.05) is 21.3 Å². The van der Waals surface area contributed by atoms with E-state index >= 15 is 0 Å². The quantitative estimate of drug-likeness (QED) is 0.407. The van der Waals surface area contributed by atoms with Gasteiger partial charge in [0.15, 0.2) is 11.5 Å². The van der Waals surface area contributed by atoms with Crippen LogP contribution in [0.15, 0.2) is 46.0 Å². The predicted octanol–water partition coefficient (Wildman–Crippen LogP) is 3.78. The van der Waals surface area contributed by atoms with Crippen molar-refractivity contribution in [2.24, 2.45) is 5.10 Å². The first kappa shape index (κ1) is 20.4. The van der Waals surface area contributed by atoms with Crippen LogP contribution in [0.5, 0.6) is 17.2 Å². The minimum absolute atomic E-state index is 0.272. The van der Waals surface area contributed by atoms with E-state index in [1.165, 1.54) is 39.7 Å². The highest BCUT2D eigenvalue weighted by Gasteiger charge is 2.17. The first-order valence-corrected chi connectivity index (χ1v) is 8.55. The molecule has 1 amide bonds. The molecule has 27 heavy (non-hydrogen) atoms. The summed E-state index contributed by atoms with van der Waals surface area (Å²) in [5, 5.41) is 3.74. The molecule has 0 aromatic heterocycles. The molecule has 0 unspecified atom stereocenters. The predicted molar refractivity (Wildman–Crippen MR) is 105 cm³/mol. The van der Waals surface area contributed by atoms with E-state index in [-0.39, 0.29) is 5.56 Å². The van der Waals surface area contributed by atoms with Gasteiger partial charge in [-0.3, -0.25) is 4.79 Å². The molecule has 2 aromatic rings. The molecule has 0 bridgehead atoms. The van der Waals surface area contributed by atoms with E-state index in [9.17, 15) is 9.18 Å². The molecule has 0 aliphatic heterocycles. The minimum Gasteiger partial charge on any atom is -0.493 e. The summed E-state index contributed by atoms with van der Waals surface area (Å²) in [7, 11) is 4.51. The molecule has 6 nitrogen and oxygen atoms in total. The molecular weight excluding hydrogens is 419 g/mol. The largest absolute Gasteiger partial charge is 0.493 e. The van der Waals surface area contributed by atoms with Crippen LogP contribution in [0.3, 0.4) is 0 Å². The third kappa shape index (κ3) is 5.07. The van der Waals surface area contributed by atoms with Crippen LogP contribution in [-0.2, 0) is 4.79 Å². The van der Waals surface area contributed by atoms with Crippen LogP contribution in [0.25, 0.3) is 6.08 Å². The van der Waals surface area contributed by atoms with Crippen LogP contribution >= 0.6 is 15.9 Å². The van der Waals surface area contributed by atoms with Gasteiger partial charge in [-0.2, -0.15) is 5.10 Å². The van der Waals surface area contributed by atoms with Crippen LogP contribution in [0.4, 0.5) is 4.39 Å². The summed E-state index contributed by atoms with van der Waals surface area (Å²) in [6.45, 7) is 0. The monoisotopic (exact) mass is 436 g/mol. The topological polar surface area (TPSA) is 69.2 Å². The Hall–Kier alpha value is -2.87. The maximum atomic E-state index is 13.5. The standard InChI is InChI=1S/C19H18BrFN2O4/c1-25-15-10-12(17(20)19(27-3)18(15)26-2)8-9-16(24)23-22-11-13-6-4-5-7-14(13)21/h4-11H,1-3H3,(H,23,24)/b9-8+,22-11+. The lowest BCUT2D eigenvalue weighted by atomic mass is 10.1. The number of nitrogens with one attached hydrogen (secondary N) is 1. The van der Waals surface area contributed by atoms with E-state index in [4.69, 9.17) is 14.2 Å². The Balaban J connectivity index is 2.15. The van der Waals surface area contributed by atoms with Gasteiger partial charge in [-0.15, -0.1) is 0 Å². The number of hydrogen-bond acceptors (Lipinski definition) is 5. The van der Waals surface area contributed by atoms with E-state index in [1.807, 2.05) is 0 Å². The second-order valence-corrected chi connectivity index (χ2v) is 5.93. The molecule has 0 fully saturated rings. The zero-order chi connectivity index (χ0) is 19.8. The normalized spacial score (nSPS) is 11.0. The molecule has 0 heterocycles. The number of ether oxygens (including phenoxy) is 3. The Bertz CT molecular complexity index is 884. The Morgan fingerprint density at radius 3 is 2.44 bits per heavy atom. The van der Waals surface area contributed by atoms with Crippen molar-refractivity contribution in [2.45, 2.75) is 0 Å². The summed E-state index contributed by atoms with van der Waals surface area (Å²) in [5.41, 5.74) is 3.21. The molecule has 0 radical (unpaired) electrons. The second kappa shape index (κ2) is 9.72. The van der Waals surface area contributed by atoms with Crippen molar-refractivity contribution < 1.29 is 23.4 Å². The van der Waals surface area contributed by atoms with Crippen molar-refractivity contribution >= 4 is 34.1 Å². The fourth-order valence-electron chi connectivity index (χ4n) is 2.21. The van der Waals surface area contributed by atoms with Gasteiger partial charge in [-0.05, 0) is 39.7 Å². The van der Waals surface area contributed by atoms with Gasteiger partial charge < -0.3 is 14.2 Å². The highest BCUT2D eigenvalue weighted by Crippen LogP contribution is 2.45. The first-order chi connectivity index (χ1) is 13.0. The first-order valence-electron chi connectivity index (χ1n) is 7.76. The molecule has 0 saturated carbocycles. The molecule has 8 heteroatoms. The number of hydrazone groups is 1. The van der Waals surface area contributed by atoms with E-state index in [0.717, 1.165) is 0 Å². The van der Waals surface area contributed by atoms with Gasteiger partial charge in [0.05, 0.1) is 32.0 Å². The number of carbonyl (C=O) groups excluding carboxylic acids is 1. The lowest BCUT2D eigenvalue weighted by Crippen LogP contribution is -2.14. The number of amides is 1. The minimum atomic E-state index is -0.483. The second-order valence-electron chi connectivity index (χ2n) is 5.14. The summed E-state index contributed by atoms with van der Waals surface area (Å²) < 4.78 is 30.0. The number of methoxy groups -OCH3 is 3. The number of hydrogen-bond donors (Lipinski definition) is 1. The smallest absolute Gasteiger partial charge is 0.264 e. The van der Waals surface area contributed by atoms with E-state index in [1.54, 1.807) is 30.3 Å². The molecule has 0 aliphatic carbocycles. The fraction of sp³-hybridized carbons (Fsp3) is 0.158. The lowest BCUT2D eigenvalue weighted by molar-refractivity contribution is -0.116. The van der Waals surface area contributed by atoms with Crippen molar-refractivity contribution in [3.63, 3.8) is 0 Å². The number of carbonyl (C=O) groups is 1. The molecule has 1 N–H and O–H groups in total. The van der Waals surface area contributed by atoms with Crippen molar-refractivity contribution in [3.8, 4) is 17.2 Å². The van der Waals surface area contributed by atoms with Crippen LogP contribution < -0.4 is 19.6 Å². The molecule has 0 atom stereocenters. The van der Waals surface area contributed by atoms with Crippen molar-refractivity contribution in [1.82, 2.24) is 5.43 Å². The third-order valence-corrected chi connectivity index (χ3v) is 4.31. The Kier molecular flexibility index (Phi) is 7.36.